The highest BCUT2D eigenvalue weighted by atomic mass is 16.6. The summed E-state index contributed by atoms with van der Waals surface area (Å²) in [6, 6.07) is 5.14. The number of likely N-dealkylation sites (tertiary alicyclic amines) is 1. The molecule has 1 unspecified atom stereocenters. The molecule has 2 rings (SSSR count). The van der Waals surface area contributed by atoms with Gasteiger partial charge in [0.1, 0.15) is 5.69 Å². The van der Waals surface area contributed by atoms with E-state index in [1.165, 1.54) is 25.7 Å². The average Bonchev–Trinajstić information content (AvgIpc) is 2.66. The number of anilines is 1. The second kappa shape index (κ2) is 6.70. The van der Waals surface area contributed by atoms with Crippen molar-refractivity contribution in [1.82, 2.24) is 4.90 Å². The minimum atomic E-state index is -0.408. The number of nitrogens with two attached hydrogens (primary N) is 1. The van der Waals surface area contributed by atoms with Gasteiger partial charge in [0.25, 0.3) is 5.69 Å². The Bertz CT molecular complexity index is 476. The van der Waals surface area contributed by atoms with Crippen LogP contribution in [-0.4, -0.2) is 22.9 Å². The molecular weight excluding hydrogens is 254 g/mol. The van der Waals surface area contributed by atoms with Gasteiger partial charge in [-0.3, -0.25) is 15.0 Å². The average molecular weight is 277 g/mol. The summed E-state index contributed by atoms with van der Waals surface area (Å²) >= 11 is 0. The van der Waals surface area contributed by atoms with Gasteiger partial charge >= 0.3 is 0 Å². The Kier molecular flexibility index (Phi) is 4.95. The second-order valence-corrected chi connectivity index (χ2v) is 5.63. The van der Waals surface area contributed by atoms with Crippen LogP contribution in [0.15, 0.2) is 18.2 Å². The molecule has 1 fully saturated rings. The van der Waals surface area contributed by atoms with Gasteiger partial charge in [-0.15, -0.1) is 0 Å². The molecule has 0 radical (unpaired) electrons. The van der Waals surface area contributed by atoms with Gasteiger partial charge in [-0.25, -0.2) is 0 Å². The summed E-state index contributed by atoms with van der Waals surface area (Å²) in [5.74, 6) is 0.834. The van der Waals surface area contributed by atoms with Crippen LogP contribution in [0.3, 0.4) is 0 Å². The van der Waals surface area contributed by atoms with Gasteiger partial charge < -0.3 is 5.73 Å². The first kappa shape index (κ1) is 14.8. The lowest BCUT2D eigenvalue weighted by Crippen LogP contribution is -2.24. The van der Waals surface area contributed by atoms with E-state index in [0.29, 0.717) is 0 Å². The minimum Gasteiger partial charge on any atom is -0.393 e. The molecule has 0 amide bonds. The molecule has 1 atom stereocenters. The fraction of sp³-hybridized carbons (Fsp3) is 0.600. The van der Waals surface area contributed by atoms with Gasteiger partial charge in [-0.2, -0.15) is 0 Å². The quantitative estimate of drug-likeness (QED) is 0.521. The largest absolute Gasteiger partial charge is 0.393 e. The summed E-state index contributed by atoms with van der Waals surface area (Å²) in [5.41, 5.74) is 6.86. The smallest absolute Gasteiger partial charge is 0.292 e. The summed E-state index contributed by atoms with van der Waals surface area (Å²) < 4.78 is 0. The molecule has 110 valence electrons. The van der Waals surface area contributed by atoms with Crippen LogP contribution in [0.25, 0.3) is 0 Å². The molecule has 1 saturated heterocycles. The van der Waals surface area contributed by atoms with E-state index in [1.807, 2.05) is 6.07 Å². The third-order valence-electron chi connectivity index (χ3n) is 4.22. The SMILES string of the molecule is CCC1CCCN(Cc2ccc(N)c([N+](=O)[O-])c2)CC1. The molecule has 0 spiro atoms. The summed E-state index contributed by atoms with van der Waals surface area (Å²) in [4.78, 5) is 12.9. The van der Waals surface area contributed by atoms with Gasteiger partial charge in [-0.05, 0) is 49.9 Å². The van der Waals surface area contributed by atoms with Gasteiger partial charge in [-0.1, -0.05) is 19.4 Å². The maximum absolute atomic E-state index is 10.9. The number of nitrogen functional groups attached to an aromatic ring is 1. The normalized spacial score (nSPS) is 20.6. The molecule has 5 heteroatoms. The predicted octanol–water partition coefficient (Wildman–Crippen LogP) is 3.19. The van der Waals surface area contributed by atoms with Crippen molar-refractivity contribution in [3.05, 3.63) is 33.9 Å². The van der Waals surface area contributed by atoms with Crippen molar-refractivity contribution in [2.75, 3.05) is 18.8 Å². The first-order valence-corrected chi connectivity index (χ1v) is 7.35. The lowest BCUT2D eigenvalue weighted by Gasteiger charge is -2.20. The molecule has 0 saturated carbocycles. The highest BCUT2D eigenvalue weighted by molar-refractivity contribution is 5.59. The molecule has 1 heterocycles. The van der Waals surface area contributed by atoms with E-state index in [-0.39, 0.29) is 11.4 Å². The van der Waals surface area contributed by atoms with Crippen molar-refractivity contribution in [3.63, 3.8) is 0 Å². The van der Waals surface area contributed by atoms with E-state index in [9.17, 15) is 10.1 Å². The van der Waals surface area contributed by atoms with Crippen molar-refractivity contribution in [2.24, 2.45) is 5.92 Å². The van der Waals surface area contributed by atoms with Crippen LogP contribution in [0.5, 0.6) is 0 Å². The van der Waals surface area contributed by atoms with Crippen LogP contribution < -0.4 is 5.73 Å². The first-order valence-electron chi connectivity index (χ1n) is 7.35. The molecule has 1 aromatic carbocycles. The minimum absolute atomic E-state index is 0.0174. The maximum atomic E-state index is 10.9. The van der Waals surface area contributed by atoms with Crippen LogP contribution in [0, 0.1) is 16.0 Å². The fourth-order valence-corrected chi connectivity index (χ4v) is 2.90. The Labute approximate surface area is 119 Å². The van der Waals surface area contributed by atoms with Crippen molar-refractivity contribution < 1.29 is 4.92 Å². The monoisotopic (exact) mass is 277 g/mol. The van der Waals surface area contributed by atoms with Crippen molar-refractivity contribution in [2.45, 2.75) is 39.2 Å². The van der Waals surface area contributed by atoms with Crippen LogP contribution in [-0.2, 0) is 6.54 Å². The maximum Gasteiger partial charge on any atom is 0.292 e. The van der Waals surface area contributed by atoms with E-state index < -0.39 is 4.92 Å². The number of benzene rings is 1. The van der Waals surface area contributed by atoms with Gasteiger partial charge in [0.05, 0.1) is 4.92 Å². The van der Waals surface area contributed by atoms with E-state index in [0.717, 1.165) is 31.1 Å². The van der Waals surface area contributed by atoms with E-state index >= 15 is 0 Å². The number of hydrogen-bond donors (Lipinski definition) is 1. The molecule has 2 N–H and O–H groups in total. The van der Waals surface area contributed by atoms with Crippen molar-refractivity contribution in [1.29, 1.82) is 0 Å². The zero-order valence-corrected chi connectivity index (χ0v) is 12.0. The summed E-state index contributed by atoms with van der Waals surface area (Å²) in [6.07, 6.45) is 5.00. The zero-order valence-electron chi connectivity index (χ0n) is 12.0. The molecule has 20 heavy (non-hydrogen) atoms. The fourth-order valence-electron chi connectivity index (χ4n) is 2.90. The second-order valence-electron chi connectivity index (χ2n) is 5.63. The van der Waals surface area contributed by atoms with Gasteiger partial charge in [0.15, 0.2) is 0 Å². The Morgan fingerprint density at radius 2 is 2.20 bits per heavy atom. The lowest BCUT2D eigenvalue weighted by atomic mass is 9.98. The highest BCUT2D eigenvalue weighted by Gasteiger charge is 2.17. The predicted molar refractivity (Wildman–Crippen MR) is 80.4 cm³/mol. The Hall–Kier alpha value is -1.62. The third kappa shape index (κ3) is 3.70. The van der Waals surface area contributed by atoms with Crippen molar-refractivity contribution >= 4 is 11.4 Å². The van der Waals surface area contributed by atoms with Crippen molar-refractivity contribution in [3.8, 4) is 0 Å². The summed E-state index contributed by atoms with van der Waals surface area (Å²) in [6.45, 7) is 5.19. The van der Waals surface area contributed by atoms with Gasteiger partial charge in [0, 0.05) is 12.6 Å². The van der Waals surface area contributed by atoms with E-state index in [1.54, 1.807) is 12.1 Å². The molecule has 1 aromatic rings. The Morgan fingerprint density at radius 1 is 1.40 bits per heavy atom. The number of hydrogen-bond acceptors (Lipinski definition) is 4. The molecule has 0 aromatic heterocycles. The summed E-state index contributed by atoms with van der Waals surface area (Å²) in [5, 5.41) is 10.9. The number of rotatable bonds is 4. The Balaban J connectivity index is 2.02. The molecule has 1 aliphatic rings. The van der Waals surface area contributed by atoms with Crippen LogP contribution >= 0.6 is 0 Å². The molecule has 0 bridgehead atoms. The van der Waals surface area contributed by atoms with Crippen LogP contribution in [0.1, 0.15) is 38.2 Å². The number of nitro groups is 1. The molecule has 0 aliphatic carbocycles. The third-order valence-corrected chi connectivity index (χ3v) is 4.22. The molecule has 5 nitrogen and oxygen atoms in total. The first-order chi connectivity index (χ1) is 9.60. The number of nitro benzene ring substituents is 1. The van der Waals surface area contributed by atoms with E-state index in [4.69, 9.17) is 5.73 Å². The molecular formula is C15H23N3O2. The van der Waals surface area contributed by atoms with Crippen LogP contribution in [0.2, 0.25) is 0 Å². The number of nitrogens with zero attached hydrogens (tertiary/aromatic N) is 2. The summed E-state index contributed by atoms with van der Waals surface area (Å²) in [7, 11) is 0. The standard InChI is InChI=1S/C15H23N3O2/c1-2-12-4-3-8-17(9-7-12)11-13-5-6-14(16)15(10-13)18(19)20/h5-6,10,12H,2-4,7-9,11,16H2,1H3. The Morgan fingerprint density at radius 3 is 2.90 bits per heavy atom. The lowest BCUT2D eigenvalue weighted by molar-refractivity contribution is -0.384. The zero-order chi connectivity index (χ0) is 14.5. The topological polar surface area (TPSA) is 72.4 Å². The highest BCUT2D eigenvalue weighted by Crippen LogP contribution is 2.25. The molecule has 1 aliphatic heterocycles. The van der Waals surface area contributed by atoms with E-state index in [2.05, 4.69) is 11.8 Å². The van der Waals surface area contributed by atoms with Gasteiger partial charge in [0.2, 0.25) is 0 Å². The van der Waals surface area contributed by atoms with Crippen LogP contribution in [0.4, 0.5) is 11.4 Å².